The molecule has 0 aliphatic heterocycles. The van der Waals surface area contributed by atoms with E-state index >= 15 is 0 Å². The van der Waals surface area contributed by atoms with Gasteiger partial charge in [-0.1, -0.05) is 44.9 Å². The van der Waals surface area contributed by atoms with E-state index in [-0.39, 0.29) is 0 Å². The van der Waals surface area contributed by atoms with E-state index in [0.29, 0.717) is 5.78 Å². The first kappa shape index (κ1) is 13.1. The summed E-state index contributed by atoms with van der Waals surface area (Å²) in [6, 6.07) is 0. The van der Waals surface area contributed by atoms with Crippen LogP contribution in [-0.2, 0) is 4.79 Å². The third-order valence-corrected chi connectivity index (χ3v) is 4.56. The van der Waals surface area contributed by atoms with Gasteiger partial charge in [0.15, 0.2) is 0 Å². The molecule has 0 N–H and O–H groups in total. The van der Waals surface area contributed by atoms with E-state index in [0.717, 1.165) is 31.1 Å². The van der Waals surface area contributed by atoms with Crippen LogP contribution >= 0.6 is 0 Å². The van der Waals surface area contributed by atoms with Gasteiger partial charge in [0, 0.05) is 12.8 Å². The summed E-state index contributed by atoms with van der Waals surface area (Å²) in [6.45, 7) is 0. The Balaban J connectivity index is 1.78. The minimum Gasteiger partial charge on any atom is -0.300 e. The van der Waals surface area contributed by atoms with Crippen LogP contribution in [0.5, 0.6) is 0 Å². The number of hydrogen-bond acceptors (Lipinski definition) is 1. The van der Waals surface area contributed by atoms with Crippen LogP contribution < -0.4 is 0 Å². The van der Waals surface area contributed by atoms with Crippen molar-refractivity contribution in [1.82, 2.24) is 0 Å². The van der Waals surface area contributed by atoms with Gasteiger partial charge < -0.3 is 0 Å². The standard InChI is InChI=1S/C16H28O/c17-16-10-8-6-4-2-1-3-5-7-9-15(13-16)14-11-12-14/h14-15H,1-13H2. The zero-order chi connectivity index (χ0) is 11.9. The Morgan fingerprint density at radius 3 is 1.88 bits per heavy atom. The predicted octanol–water partition coefficient (Wildman–Crippen LogP) is 4.89. The third kappa shape index (κ3) is 5.23. The summed E-state index contributed by atoms with van der Waals surface area (Å²) in [5.74, 6) is 2.23. The summed E-state index contributed by atoms with van der Waals surface area (Å²) in [6.07, 6.45) is 16.7. The van der Waals surface area contributed by atoms with Crippen molar-refractivity contribution in [3.05, 3.63) is 0 Å². The Bertz CT molecular complexity index is 230. The van der Waals surface area contributed by atoms with Crippen molar-refractivity contribution < 1.29 is 4.79 Å². The van der Waals surface area contributed by atoms with E-state index in [1.165, 1.54) is 64.2 Å². The Morgan fingerprint density at radius 1 is 0.647 bits per heavy atom. The maximum absolute atomic E-state index is 11.9. The molecule has 0 aromatic carbocycles. The lowest BCUT2D eigenvalue weighted by atomic mass is 9.90. The Morgan fingerprint density at radius 2 is 1.24 bits per heavy atom. The van der Waals surface area contributed by atoms with Gasteiger partial charge in [0.2, 0.25) is 0 Å². The van der Waals surface area contributed by atoms with Crippen LogP contribution in [0.3, 0.4) is 0 Å². The molecule has 98 valence electrons. The quantitative estimate of drug-likeness (QED) is 0.633. The number of ketones is 1. The summed E-state index contributed by atoms with van der Waals surface area (Å²) in [5.41, 5.74) is 0. The number of rotatable bonds is 1. The number of carbonyl (C=O) groups is 1. The van der Waals surface area contributed by atoms with Crippen molar-refractivity contribution >= 4 is 5.78 Å². The van der Waals surface area contributed by atoms with Gasteiger partial charge in [0.25, 0.3) is 0 Å². The molecule has 1 atom stereocenters. The largest absolute Gasteiger partial charge is 0.300 e. The second-order valence-corrected chi connectivity index (χ2v) is 6.21. The van der Waals surface area contributed by atoms with Crippen LogP contribution in [-0.4, -0.2) is 5.78 Å². The minimum atomic E-state index is 0.557. The number of hydrogen-bond donors (Lipinski definition) is 0. The summed E-state index contributed by atoms with van der Waals surface area (Å²) in [7, 11) is 0. The van der Waals surface area contributed by atoms with Crippen LogP contribution in [0.15, 0.2) is 0 Å². The first-order valence-electron chi connectivity index (χ1n) is 7.88. The fraction of sp³-hybridized carbons (Fsp3) is 0.938. The lowest BCUT2D eigenvalue weighted by Gasteiger charge is -2.15. The topological polar surface area (TPSA) is 17.1 Å². The second-order valence-electron chi connectivity index (χ2n) is 6.21. The van der Waals surface area contributed by atoms with Crippen LogP contribution in [0.1, 0.15) is 83.5 Å². The van der Waals surface area contributed by atoms with Gasteiger partial charge >= 0.3 is 0 Å². The third-order valence-electron chi connectivity index (χ3n) is 4.56. The average molecular weight is 236 g/mol. The number of Topliss-reactive ketones (excluding diaryl/α,β-unsaturated/α-hetero) is 1. The molecule has 0 spiro atoms. The van der Waals surface area contributed by atoms with E-state index in [2.05, 4.69) is 0 Å². The normalized spacial score (nSPS) is 30.1. The zero-order valence-electron chi connectivity index (χ0n) is 11.3. The molecule has 0 heterocycles. The van der Waals surface area contributed by atoms with Crippen molar-refractivity contribution in [2.24, 2.45) is 11.8 Å². The molecule has 0 bridgehead atoms. The van der Waals surface area contributed by atoms with Gasteiger partial charge in [-0.15, -0.1) is 0 Å². The van der Waals surface area contributed by atoms with Crippen molar-refractivity contribution in [3.8, 4) is 0 Å². The molecule has 0 radical (unpaired) electrons. The maximum atomic E-state index is 11.9. The molecule has 2 aliphatic rings. The molecule has 1 unspecified atom stereocenters. The lowest BCUT2D eigenvalue weighted by Crippen LogP contribution is -2.10. The van der Waals surface area contributed by atoms with Gasteiger partial charge in [-0.25, -0.2) is 0 Å². The van der Waals surface area contributed by atoms with Gasteiger partial charge in [0.1, 0.15) is 5.78 Å². The highest BCUT2D eigenvalue weighted by Gasteiger charge is 2.31. The summed E-state index contributed by atoms with van der Waals surface area (Å²) in [4.78, 5) is 11.9. The van der Waals surface area contributed by atoms with Gasteiger partial charge in [-0.2, -0.15) is 0 Å². The Kier molecular flexibility index (Phi) is 5.54. The average Bonchev–Trinajstić information content (AvgIpc) is 3.13. The van der Waals surface area contributed by atoms with Crippen LogP contribution in [0.4, 0.5) is 0 Å². The molecule has 0 aromatic rings. The highest BCUT2D eigenvalue weighted by Crippen LogP contribution is 2.41. The zero-order valence-corrected chi connectivity index (χ0v) is 11.3. The van der Waals surface area contributed by atoms with E-state index in [4.69, 9.17) is 0 Å². The fourth-order valence-corrected chi connectivity index (χ4v) is 3.26. The molecule has 2 saturated carbocycles. The molecular formula is C16H28O. The summed E-state index contributed by atoms with van der Waals surface area (Å²) >= 11 is 0. The molecule has 0 saturated heterocycles. The molecule has 0 aromatic heterocycles. The molecule has 1 heteroatoms. The van der Waals surface area contributed by atoms with Crippen molar-refractivity contribution in [1.29, 1.82) is 0 Å². The van der Waals surface area contributed by atoms with Crippen LogP contribution in [0, 0.1) is 11.8 Å². The van der Waals surface area contributed by atoms with E-state index in [1.807, 2.05) is 0 Å². The first-order chi connectivity index (χ1) is 8.36. The van der Waals surface area contributed by atoms with Crippen molar-refractivity contribution in [2.45, 2.75) is 83.5 Å². The van der Waals surface area contributed by atoms with Gasteiger partial charge in [-0.05, 0) is 37.5 Å². The SMILES string of the molecule is O=C1CCCCCCCCCCC(C2CC2)C1. The maximum Gasteiger partial charge on any atom is 0.133 e. The molecular weight excluding hydrogens is 208 g/mol. The molecule has 2 aliphatic carbocycles. The molecule has 17 heavy (non-hydrogen) atoms. The van der Waals surface area contributed by atoms with E-state index < -0.39 is 0 Å². The van der Waals surface area contributed by atoms with Crippen molar-refractivity contribution in [2.75, 3.05) is 0 Å². The Labute approximate surface area is 106 Å². The highest BCUT2D eigenvalue weighted by molar-refractivity contribution is 5.78. The molecule has 1 nitrogen and oxygen atoms in total. The second kappa shape index (κ2) is 7.18. The monoisotopic (exact) mass is 236 g/mol. The lowest BCUT2D eigenvalue weighted by molar-refractivity contribution is -0.120. The summed E-state index contributed by atoms with van der Waals surface area (Å²) < 4.78 is 0. The molecule has 2 fully saturated rings. The summed E-state index contributed by atoms with van der Waals surface area (Å²) in [5, 5.41) is 0. The van der Waals surface area contributed by atoms with Crippen LogP contribution in [0.25, 0.3) is 0 Å². The molecule has 2 rings (SSSR count). The molecule has 0 amide bonds. The Hall–Kier alpha value is -0.330. The van der Waals surface area contributed by atoms with Crippen LogP contribution in [0.2, 0.25) is 0 Å². The predicted molar refractivity (Wildman–Crippen MR) is 72.0 cm³/mol. The minimum absolute atomic E-state index is 0.557. The van der Waals surface area contributed by atoms with Gasteiger partial charge in [-0.3, -0.25) is 4.79 Å². The smallest absolute Gasteiger partial charge is 0.133 e. The first-order valence-corrected chi connectivity index (χ1v) is 7.88. The van der Waals surface area contributed by atoms with E-state index in [9.17, 15) is 4.79 Å². The number of carbonyl (C=O) groups excluding carboxylic acids is 1. The van der Waals surface area contributed by atoms with E-state index in [1.54, 1.807) is 0 Å². The van der Waals surface area contributed by atoms with Crippen molar-refractivity contribution in [3.63, 3.8) is 0 Å². The highest BCUT2D eigenvalue weighted by atomic mass is 16.1. The fourth-order valence-electron chi connectivity index (χ4n) is 3.26. The van der Waals surface area contributed by atoms with Gasteiger partial charge in [0.05, 0.1) is 0 Å².